The number of benzene rings is 1. The van der Waals surface area contributed by atoms with Crippen LogP contribution in [0.3, 0.4) is 0 Å². The van der Waals surface area contributed by atoms with Gasteiger partial charge in [-0.1, -0.05) is 19.1 Å². The molecule has 0 saturated carbocycles. The zero-order valence-corrected chi connectivity index (χ0v) is 13.8. The molecule has 0 bridgehead atoms. The lowest BCUT2D eigenvalue weighted by Crippen LogP contribution is -2.21. The first-order chi connectivity index (χ1) is 10.0. The molecule has 0 spiro atoms. The van der Waals surface area contributed by atoms with Crippen molar-refractivity contribution in [2.24, 2.45) is 0 Å². The van der Waals surface area contributed by atoms with E-state index in [9.17, 15) is 0 Å². The van der Waals surface area contributed by atoms with Gasteiger partial charge in [-0.05, 0) is 51.4 Å². The Hall–Kier alpha value is -1.32. The Morgan fingerprint density at radius 1 is 1.19 bits per heavy atom. The van der Waals surface area contributed by atoms with E-state index in [0.717, 1.165) is 26.2 Å². The second-order valence-corrected chi connectivity index (χ2v) is 6.50. The van der Waals surface area contributed by atoms with Gasteiger partial charge in [-0.25, -0.2) is 0 Å². The molecule has 0 unspecified atom stereocenters. The van der Waals surface area contributed by atoms with E-state index < -0.39 is 0 Å². The molecule has 0 fully saturated rings. The van der Waals surface area contributed by atoms with Crippen LogP contribution in [-0.2, 0) is 17.8 Å². The van der Waals surface area contributed by atoms with Crippen molar-refractivity contribution >= 4 is 10.9 Å². The SMILES string of the molecule is CCCNCc1cccc2c1ccn2CCOC(C)(C)C. The standard InChI is InChI=1S/C18H28N2O/c1-5-10-19-14-15-7-6-8-17-16(15)9-11-20(17)12-13-21-18(2,3)4/h6-9,11,19H,5,10,12-14H2,1-4H3. The number of aromatic nitrogens is 1. The first-order valence-corrected chi connectivity index (χ1v) is 7.92. The molecule has 2 rings (SSSR count). The van der Waals surface area contributed by atoms with Gasteiger partial charge >= 0.3 is 0 Å². The summed E-state index contributed by atoms with van der Waals surface area (Å²) in [4.78, 5) is 0. The number of hydrogen-bond donors (Lipinski definition) is 1. The Morgan fingerprint density at radius 3 is 2.71 bits per heavy atom. The maximum atomic E-state index is 5.83. The van der Waals surface area contributed by atoms with Crippen molar-refractivity contribution in [3.05, 3.63) is 36.0 Å². The van der Waals surface area contributed by atoms with Crippen LogP contribution < -0.4 is 5.32 Å². The monoisotopic (exact) mass is 288 g/mol. The molecule has 0 aliphatic heterocycles. The van der Waals surface area contributed by atoms with Crippen molar-refractivity contribution in [2.75, 3.05) is 13.2 Å². The smallest absolute Gasteiger partial charge is 0.0652 e. The van der Waals surface area contributed by atoms with E-state index in [1.54, 1.807) is 0 Å². The van der Waals surface area contributed by atoms with Gasteiger partial charge in [-0.3, -0.25) is 0 Å². The van der Waals surface area contributed by atoms with E-state index in [2.05, 4.69) is 68.0 Å². The normalized spacial score (nSPS) is 12.2. The Labute approximate surface area is 128 Å². The average Bonchev–Trinajstić information content (AvgIpc) is 2.82. The largest absolute Gasteiger partial charge is 0.374 e. The fraction of sp³-hybridized carbons (Fsp3) is 0.556. The summed E-state index contributed by atoms with van der Waals surface area (Å²) < 4.78 is 8.11. The third-order valence-electron chi connectivity index (χ3n) is 3.51. The molecule has 0 aliphatic rings. The Bertz CT molecular complexity index is 566. The van der Waals surface area contributed by atoms with Gasteiger partial charge in [0.1, 0.15) is 0 Å². The highest BCUT2D eigenvalue weighted by atomic mass is 16.5. The summed E-state index contributed by atoms with van der Waals surface area (Å²) in [6.45, 7) is 12.1. The third kappa shape index (κ3) is 4.58. The Balaban J connectivity index is 2.07. The average molecular weight is 288 g/mol. The third-order valence-corrected chi connectivity index (χ3v) is 3.51. The maximum absolute atomic E-state index is 5.83. The summed E-state index contributed by atoms with van der Waals surface area (Å²) in [7, 11) is 0. The van der Waals surface area contributed by atoms with Crippen LogP contribution in [0.1, 0.15) is 39.7 Å². The van der Waals surface area contributed by atoms with Gasteiger partial charge in [0.2, 0.25) is 0 Å². The molecule has 1 heterocycles. The molecular weight excluding hydrogens is 260 g/mol. The van der Waals surface area contributed by atoms with Crippen molar-refractivity contribution in [1.29, 1.82) is 0 Å². The maximum Gasteiger partial charge on any atom is 0.0652 e. The molecule has 0 radical (unpaired) electrons. The van der Waals surface area contributed by atoms with Gasteiger partial charge in [0.15, 0.2) is 0 Å². The Kier molecular flexibility index (Phi) is 5.43. The van der Waals surface area contributed by atoms with Crippen LogP contribution >= 0.6 is 0 Å². The lowest BCUT2D eigenvalue weighted by molar-refractivity contribution is -0.00644. The van der Waals surface area contributed by atoms with Gasteiger partial charge in [-0.2, -0.15) is 0 Å². The summed E-state index contributed by atoms with van der Waals surface area (Å²) in [5.41, 5.74) is 2.60. The van der Waals surface area contributed by atoms with Crippen LogP contribution in [0.2, 0.25) is 0 Å². The highest BCUT2D eigenvalue weighted by Gasteiger charge is 2.10. The molecule has 0 saturated heterocycles. The van der Waals surface area contributed by atoms with Crippen LogP contribution in [0.5, 0.6) is 0 Å². The fourth-order valence-corrected chi connectivity index (χ4v) is 2.49. The number of rotatable bonds is 7. The van der Waals surface area contributed by atoms with E-state index in [1.165, 1.54) is 22.9 Å². The highest BCUT2D eigenvalue weighted by molar-refractivity contribution is 5.83. The zero-order chi connectivity index (χ0) is 15.3. The van der Waals surface area contributed by atoms with Crippen molar-refractivity contribution in [1.82, 2.24) is 9.88 Å². The van der Waals surface area contributed by atoms with Gasteiger partial charge in [0.05, 0.1) is 12.2 Å². The van der Waals surface area contributed by atoms with Gasteiger partial charge in [0, 0.05) is 30.2 Å². The van der Waals surface area contributed by atoms with Crippen LogP contribution in [-0.4, -0.2) is 23.3 Å². The summed E-state index contributed by atoms with van der Waals surface area (Å²) in [5, 5.41) is 4.83. The van der Waals surface area contributed by atoms with E-state index >= 15 is 0 Å². The molecule has 1 N–H and O–H groups in total. The minimum atomic E-state index is -0.0712. The minimum Gasteiger partial charge on any atom is -0.374 e. The second-order valence-electron chi connectivity index (χ2n) is 6.50. The van der Waals surface area contributed by atoms with Crippen LogP contribution in [0, 0.1) is 0 Å². The van der Waals surface area contributed by atoms with Crippen LogP contribution in [0.25, 0.3) is 10.9 Å². The predicted molar refractivity (Wildman–Crippen MR) is 89.6 cm³/mol. The molecule has 0 aliphatic carbocycles. The first-order valence-electron chi connectivity index (χ1n) is 7.92. The van der Waals surface area contributed by atoms with Gasteiger partial charge in [0.25, 0.3) is 0 Å². The highest BCUT2D eigenvalue weighted by Crippen LogP contribution is 2.20. The molecule has 2 aromatic rings. The lowest BCUT2D eigenvalue weighted by Gasteiger charge is -2.19. The van der Waals surface area contributed by atoms with E-state index in [1.807, 2.05) is 0 Å². The molecule has 116 valence electrons. The lowest BCUT2D eigenvalue weighted by atomic mass is 10.1. The number of fused-ring (bicyclic) bond motifs is 1. The summed E-state index contributed by atoms with van der Waals surface area (Å²) >= 11 is 0. The molecule has 3 nitrogen and oxygen atoms in total. The molecule has 1 aromatic carbocycles. The van der Waals surface area contributed by atoms with Crippen molar-refractivity contribution in [3.63, 3.8) is 0 Å². The fourth-order valence-electron chi connectivity index (χ4n) is 2.49. The first kappa shape index (κ1) is 16.1. The van der Waals surface area contributed by atoms with Crippen LogP contribution in [0.15, 0.2) is 30.5 Å². The van der Waals surface area contributed by atoms with Crippen molar-refractivity contribution in [2.45, 2.75) is 52.8 Å². The molecule has 21 heavy (non-hydrogen) atoms. The quantitative estimate of drug-likeness (QED) is 0.781. The number of hydrogen-bond acceptors (Lipinski definition) is 2. The van der Waals surface area contributed by atoms with Crippen LogP contribution in [0.4, 0.5) is 0 Å². The zero-order valence-electron chi connectivity index (χ0n) is 13.8. The molecule has 1 aromatic heterocycles. The molecular formula is C18H28N2O. The summed E-state index contributed by atoms with van der Waals surface area (Å²) in [5.74, 6) is 0. The molecule has 3 heteroatoms. The van der Waals surface area contributed by atoms with Gasteiger partial charge in [-0.15, -0.1) is 0 Å². The summed E-state index contributed by atoms with van der Waals surface area (Å²) in [6, 6.07) is 8.76. The molecule has 0 amide bonds. The van der Waals surface area contributed by atoms with E-state index in [-0.39, 0.29) is 5.60 Å². The number of ether oxygens (including phenoxy) is 1. The predicted octanol–water partition coefficient (Wildman–Crippen LogP) is 3.96. The number of nitrogens with one attached hydrogen (secondary N) is 1. The topological polar surface area (TPSA) is 26.2 Å². The van der Waals surface area contributed by atoms with Crippen molar-refractivity contribution in [3.8, 4) is 0 Å². The molecule has 0 atom stereocenters. The summed E-state index contributed by atoms with van der Waals surface area (Å²) in [6.07, 6.45) is 3.33. The van der Waals surface area contributed by atoms with Crippen molar-refractivity contribution < 1.29 is 4.74 Å². The van der Waals surface area contributed by atoms with E-state index in [0.29, 0.717) is 0 Å². The minimum absolute atomic E-state index is 0.0712. The van der Waals surface area contributed by atoms with Gasteiger partial charge < -0.3 is 14.6 Å². The Morgan fingerprint density at radius 2 is 2.00 bits per heavy atom. The second kappa shape index (κ2) is 7.10. The number of nitrogens with zero attached hydrogens (tertiary/aromatic N) is 1. The van der Waals surface area contributed by atoms with E-state index in [4.69, 9.17) is 4.74 Å².